The molecule has 1 atom stereocenters. The number of aliphatic hydroxyl groups is 1. The van der Waals surface area contributed by atoms with Crippen LogP contribution in [0.3, 0.4) is 0 Å². The summed E-state index contributed by atoms with van der Waals surface area (Å²) in [6, 6.07) is 5.20. The molecule has 0 amide bonds. The van der Waals surface area contributed by atoms with Gasteiger partial charge in [0, 0.05) is 18.8 Å². The maximum atomic E-state index is 13.5. The lowest BCUT2D eigenvalue weighted by Gasteiger charge is -2.25. The minimum atomic E-state index is -2.91. The Morgan fingerprint density at radius 1 is 1.30 bits per heavy atom. The van der Waals surface area contributed by atoms with E-state index in [0.29, 0.717) is 11.6 Å². The third-order valence-corrected chi connectivity index (χ3v) is 5.78. The lowest BCUT2D eigenvalue weighted by atomic mass is 9.85. The number of alkyl halides is 2. The molecule has 1 fully saturated rings. The number of hydrogen-bond donors (Lipinski definition) is 1. The van der Waals surface area contributed by atoms with Gasteiger partial charge >= 0.3 is 0 Å². The van der Waals surface area contributed by atoms with Crippen LogP contribution in [0.25, 0.3) is 10.6 Å². The molecule has 0 saturated heterocycles. The molecule has 0 radical (unpaired) electrons. The summed E-state index contributed by atoms with van der Waals surface area (Å²) in [6.45, 7) is 0.875. The fraction of sp³-hybridized carbons (Fsp3) is 0.588. The topological polar surface area (TPSA) is 38.0 Å². The van der Waals surface area contributed by atoms with E-state index >= 15 is 0 Å². The average Bonchev–Trinajstić information content (AvgIpc) is 3.13. The molecule has 0 aliphatic heterocycles. The van der Waals surface area contributed by atoms with Gasteiger partial charge in [0.25, 0.3) is 5.92 Å². The van der Waals surface area contributed by atoms with Crippen molar-refractivity contribution in [2.75, 3.05) is 0 Å². The predicted molar refractivity (Wildman–Crippen MR) is 87.6 cm³/mol. The van der Waals surface area contributed by atoms with Crippen LogP contribution in [-0.4, -0.2) is 14.9 Å². The second-order valence-electron chi connectivity index (χ2n) is 6.47. The molecule has 3 nitrogen and oxygen atoms in total. The largest absolute Gasteiger partial charge is 0.387 e. The Morgan fingerprint density at radius 3 is 2.61 bits per heavy atom. The molecule has 2 aromatic rings. The third kappa shape index (κ3) is 3.48. The Bertz CT molecular complexity index is 668. The maximum Gasteiger partial charge on any atom is 0.286 e. The fourth-order valence-corrected chi connectivity index (χ4v) is 4.37. The molecule has 1 aliphatic carbocycles. The summed E-state index contributed by atoms with van der Waals surface area (Å²) in [5.41, 5.74) is 0.436. The van der Waals surface area contributed by atoms with E-state index in [9.17, 15) is 13.9 Å². The number of nitrogens with zero attached hydrogens (tertiary/aromatic N) is 2. The highest BCUT2D eigenvalue weighted by atomic mass is 32.1. The third-order valence-electron chi connectivity index (χ3n) is 4.60. The molecule has 0 spiro atoms. The van der Waals surface area contributed by atoms with Crippen LogP contribution in [0.1, 0.15) is 55.7 Å². The average molecular weight is 340 g/mol. The molecule has 0 bridgehead atoms. The molecule has 1 saturated carbocycles. The zero-order valence-electron chi connectivity index (χ0n) is 13.4. The molecule has 126 valence electrons. The molecule has 2 heterocycles. The highest BCUT2D eigenvalue weighted by Crippen LogP contribution is 2.39. The molecule has 1 N–H and O–H groups in total. The smallest absolute Gasteiger partial charge is 0.286 e. The van der Waals surface area contributed by atoms with Crippen molar-refractivity contribution in [1.82, 2.24) is 9.78 Å². The van der Waals surface area contributed by atoms with E-state index < -0.39 is 12.0 Å². The van der Waals surface area contributed by atoms with Gasteiger partial charge in [-0.15, -0.1) is 11.3 Å². The van der Waals surface area contributed by atoms with Gasteiger partial charge < -0.3 is 5.11 Å². The molecule has 6 heteroatoms. The normalized spacial score (nSPS) is 18.3. The Balaban J connectivity index is 1.82. The van der Waals surface area contributed by atoms with Crippen molar-refractivity contribution in [3.8, 4) is 10.6 Å². The lowest BCUT2D eigenvalue weighted by Crippen LogP contribution is -2.14. The van der Waals surface area contributed by atoms with Crippen LogP contribution >= 0.6 is 11.3 Å². The second-order valence-corrected chi connectivity index (χ2v) is 7.59. The van der Waals surface area contributed by atoms with Crippen LogP contribution in [0, 0.1) is 5.92 Å². The predicted octanol–water partition coefficient (Wildman–Crippen LogP) is 4.87. The van der Waals surface area contributed by atoms with E-state index in [1.54, 1.807) is 0 Å². The Labute approximate surface area is 139 Å². The van der Waals surface area contributed by atoms with Crippen LogP contribution in [0.2, 0.25) is 0 Å². The van der Waals surface area contributed by atoms with E-state index in [-0.39, 0.29) is 5.69 Å². The Kier molecular flexibility index (Phi) is 4.56. The van der Waals surface area contributed by atoms with Crippen LogP contribution in [0.15, 0.2) is 18.2 Å². The number of rotatable bonds is 4. The number of aliphatic hydroxyl groups excluding tert-OH is 1. The molecule has 3 rings (SSSR count). The van der Waals surface area contributed by atoms with Crippen molar-refractivity contribution in [2.24, 2.45) is 13.0 Å². The highest BCUT2D eigenvalue weighted by molar-refractivity contribution is 7.15. The molecule has 1 aliphatic rings. The minimum absolute atomic E-state index is 0.102. The fourth-order valence-electron chi connectivity index (χ4n) is 3.33. The molecule has 2 aromatic heterocycles. The Morgan fingerprint density at radius 2 is 2.00 bits per heavy atom. The van der Waals surface area contributed by atoms with E-state index in [0.717, 1.165) is 29.5 Å². The first-order valence-corrected chi connectivity index (χ1v) is 8.88. The number of aryl methyl sites for hydroxylation is 1. The van der Waals surface area contributed by atoms with E-state index in [4.69, 9.17) is 0 Å². The van der Waals surface area contributed by atoms with Crippen molar-refractivity contribution < 1.29 is 13.9 Å². The first-order chi connectivity index (χ1) is 10.9. The van der Waals surface area contributed by atoms with E-state index in [1.807, 2.05) is 12.1 Å². The van der Waals surface area contributed by atoms with Gasteiger partial charge in [0.2, 0.25) is 0 Å². The minimum Gasteiger partial charge on any atom is -0.387 e. The van der Waals surface area contributed by atoms with Gasteiger partial charge in [-0.3, -0.25) is 4.68 Å². The summed E-state index contributed by atoms with van der Waals surface area (Å²) in [4.78, 5) is 1.73. The Hall–Kier alpha value is -1.27. The number of hydrogen-bond acceptors (Lipinski definition) is 3. The maximum absolute atomic E-state index is 13.5. The van der Waals surface area contributed by atoms with Crippen molar-refractivity contribution in [3.63, 3.8) is 0 Å². The second kappa shape index (κ2) is 6.32. The zero-order valence-corrected chi connectivity index (χ0v) is 14.2. The molecule has 1 unspecified atom stereocenters. The summed E-state index contributed by atoms with van der Waals surface area (Å²) in [7, 11) is 1.53. The summed E-state index contributed by atoms with van der Waals surface area (Å²) in [5.74, 6) is -2.60. The lowest BCUT2D eigenvalue weighted by molar-refractivity contribution is 0.00883. The van der Waals surface area contributed by atoms with Crippen LogP contribution in [0.4, 0.5) is 8.78 Å². The molecule has 23 heavy (non-hydrogen) atoms. The summed E-state index contributed by atoms with van der Waals surface area (Å²) in [6.07, 6.45) is 5.27. The quantitative estimate of drug-likeness (QED) is 0.862. The van der Waals surface area contributed by atoms with E-state index in [2.05, 4.69) is 5.10 Å². The summed E-state index contributed by atoms with van der Waals surface area (Å²) >= 11 is 1.45. The summed E-state index contributed by atoms with van der Waals surface area (Å²) in [5, 5.41) is 14.8. The van der Waals surface area contributed by atoms with Gasteiger partial charge in [-0.1, -0.05) is 19.3 Å². The van der Waals surface area contributed by atoms with Crippen LogP contribution in [0.5, 0.6) is 0 Å². The standard InChI is InChI=1S/C17H22F2N2OS/c1-17(18,19)15-10-12(20-21(15)2)13-8-9-14(23-13)16(22)11-6-4-3-5-7-11/h8-11,16,22H,3-7H2,1-2H3. The first-order valence-electron chi connectivity index (χ1n) is 8.07. The van der Waals surface area contributed by atoms with Crippen molar-refractivity contribution >= 4 is 11.3 Å². The van der Waals surface area contributed by atoms with Crippen LogP contribution < -0.4 is 0 Å². The monoisotopic (exact) mass is 340 g/mol. The first kappa shape index (κ1) is 16.6. The van der Waals surface area contributed by atoms with Crippen LogP contribution in [-0.2, 0) is 13.0 Å². The van der Waals surface area contributed by atoms with Gasteiger partial charge in [-0.2, -0.15) is 13.9 Å². The van der Waals surface area contributed by atoms with E-state index in [1.165, 1.54) is 48.4 Å². The molecule has 0 aromatic carbocycles. The van der Waals surface area contributed by atoms with Gasteiger partial charge in [-0.25, -0.2) is 0 Å². The SMILES string of the molecule is Cn1nc(-c2ccc(C(O)C3CCCCC3)s2)cc1C(C)(F)F. The van der Waals surface area contributed by atoms with Crippen molar-refractivity contribution in [3.05, 3.63) is 28.8 Å². The highest BCUT2D eigenvalue weighted by Gasteiger charge is 2.30. The van der Waals surface area contributed by atoms with Gasteiger partial charge in [-0.05, 0) is 37.0 Å². The number of thiophene rings is 1. The summed E-state index contributed by atoms with van der Waals surface area (Å²) < 4.78 is 28.3. The van der Waals surface area contributed by atoms with Crippen molar-refractivity contribution in [2.45, 2.75) is 51.1 Å². The van der Waals surface area contributed by atoms with Crippen molar-refractivity contribution in [1.29, 1.82) is 0 Å². The number of aromatic nitrogens is 2. The number of halogens is 2. The van der Waals surface area contributed by atoms with Gasteiger partial charge in [0.1, 0.15) is 11.4 Å². The molecular weight excluding hydrogens is 318 g/mol. The van der Waals surface area contributed by atoms with Gasteiger partial charge in [0.05, 0.1) is 11.0 Å². The van der Waals surface area contributed by atoms with Gasteiger partial charge in [0.15, 0.2) is 0 Å². The zero-order chi connectivity index (χ0) is 16.6. The molecular formula is C17H22F2N2OS.